The first-order chi connectivity index (χ1) is 17.9. The summed E-state index contributed by atoms with van der Waals surface area (Å²) in [5.74, 6) is -0.519. The Morgan fingerprint density at radius 3 is 2.54 bits per heavy atom. The highest BCUT2D eigenvalue weighted by atomic mass is 16.2. The molecule has 0 bridgehead atoms. The van der Waals surface area contributed by atoms with Crippen LogP contribution in [0.5, 0.6) is 0 Å². The third-order valence-electron chi connectivity index (χ3n) is 7.44. The van der Waals surface area contributed by atoms with Gasteiger partial charge in [0.1, 0.15) is 12.2 Å². The van der Waals surface area contributed by atoms with Crippen molar-refractivity contribution in [3.63, 3.8) is 0 Å². The molecular formula is C29H27N5O3. The Hall–Kier alpha value is -4.46. The van der Waals surface area contributed by atoms with E-state index in [0.29, 0.717) is 37.2 Å². The van der Waals surface area contributed by atoms with Crippen molar-refractivity contribution in [2.45, 2.75) is 38.5 Å². The van der Waals surface area contributed by atoms with Gasteiger partial charge in [-0.1, -0.05) is 48.5 Å². The van der Waals surface area contributed by atoms with Crippen LogP contribution in [0.25, 0.3) is 11.0 Å². The zero-order chi connectivity index (χ0) is 25.6. The van der Waals surface area contributed by atoms with Crippen LogP contribution in [0.3, 0.4) is 0 Å². The molecule has 1 saturated heterocycles. The van der Waals surface area contributed by atoms with Crippen LogP contribution in [0.1, 0.15) is 41.3 Å². The molecule has 3 amide bonds. The second-order valence-electron chi connectivity index (χ2n) is 9.81. The van der Waals surface area contributed by atoms with E-state index in [-0.39, 0.29) is 24.3 Å². The first-order valence-electron chi connectivity index (χ1n) is 12.4. The van der Waals surface area contributed by atoms with Crippen molar-refractivity contribution in [2.24, 2.45) is 0 Å². The Bertz CT molecular complexity index is 1530. The molecule has 1 atom stereocenters. The predicted molar refractivity (Wildman–Crippen MR) is 140 cm³/mol. The lowest BCUT2D eigenvalue weighted by atomic mass is 9.98. The summed E-state index contributed by atoms with van der Waals surface area (Å²) >= 11 is 0. The van der Waals surface area contributed by atoms with Crippen molar-refractivity contribution in [1.82, 2.24) is 19.8 Å². The van der Waals surface area contributed by atoms with E-state index in [4.69, 9.17) is 0 Å². The number of hydrogen-bond donors (Lipinski definition) is 1. The van der Waals surface area contributed by atoms with Gasteiger partial charge in [-0.3, -0.25) is 19.3 Å². The SMILES string of the molecule is CC12CCC(=O)N1c1ccccc1C(=O)N2CC(=O)NCc1ccc(Cn2cnc3ccccc32)cc1. The van der Waals surface area contributed by atoms with Crippen LogP contribution < -0.4 is 10.2 Å². The van der Waals surface area contributed by atoms with E-state index in [1.54, 1.807) is 23.1 Å². The smallest absolute Gasteiger partial charge is 0.258 e. The number of anilines is 1. The number of carbonyl (C=O) groups is 3. The van der Waals surface area contributed by atoms with Crippen LogP contribution in [0.15, 0.2) is 79.1 Å². The Kier molecular flexibility index (Phi) is 5.52. The molecule has 1 N–H and O–H groups in total. The van der Waals surface area contributed by atoms with Gasteiger partial charge in [-0.2, -0.15) is 0 Å². The van der Waals surface area contributed by atoms with Gasteiger partial charge < -0.3 is 14.8 Å². The first kappa shape index (κ1) is 23.0. The zero-order valence-corrected chi connectivity index (χ0v) is 20.6. The Morgan fingerprint density at radius 1 is 0.973 bits per heavy atom. The number of aromatic nitrogens is 2. The minimum atomic E-state index is -0.848. The van der Waals surface area contributed by atoms with Crippen molar-refractivity contribution in [3.8, 4) is 0 Å². The number of nitrogens with zero attached hydrogens (tertiary/aromatic N) is 4. The predicted octanol–water partition coefficient (Wildman–Crippen LogP) is 3.70. The Morgan fingerprint density at radius 2 is 1.70 bits per heavy atom. The van der Waals surface area contributed by atoms with Crippen LogP contribution in [0.2, 0.25) is 0 Å². The highest BCUT2D eigenvalue weighted by Gasteiger charge is 2.53. The summed E-state index contributed by atoms with van der Waals surface area (Å²) < 4.78 is 2.11. The molecule has 6 rings (SSSR count). The molecular weight excluding hydrogens is 466 g/mol. The Labute approximate surface area is 214 Å². The molecule has 0 aliphatic carbocycles. The molecule has 8 heteroatoms. The minimum absolute atomic E-state index is 0.0309. The average Bonchev–Trinajstić information content (AvgIpc) is 3.46. The molecule has 3 aromatic carbocycles. The van der Waals surface area contributed by atoms with Crippen molar-refractivity contribution in [1.29, 1.82) is 0 Å². The lowest BCUT2D eigenvalue weighted by molar-refractivity contribution is -0.124. The van der Waals surface area contributed by atoms with Gasteiger partial charge in [-0.25, -0.2) is 4.98 Å². The van der Waals surface area contributed by atoms with Gasteiger partial charge in [0, 0.05) is 19.5 Å². The van der Waals surface area contributed by atoms with Crippen LogP contribution in [-0.4, -0.2) is 44.4 Å². The number of benzene rings is 3. The monoisotopic (exact) mass is 493 g/mol. The summed E-state index contributed by atoms with van der Waals surface area (Å²) in [5.41, 5.74) is 4.38. The maximum atomic E-state index is 13.3. The van der Waals surface area contributed by atoms with Gasteiger partial charge in [0.15, 0.2) is 0 Å². The van der Waals surface area contributed by atoms with E-state index in [9.17, 15) is 14.4 Å². The van der Waals surface area contributed by atoms with Crippen LogP contribution in [0.4, 0.5) is 5.69 Å². The quantitative estimate of drug-likeness (QED) is 0.444. The number of nitrogens with one attached hydrogen (secondary N) is 1. The standard InChI is InChI=1S/C29H27N5O3/c1-29-15-14-27(36)34(29)24-8-4-2-6-22(24)28(37)33(29)18-26(35)30-16-20-10-12-21(13-11-20)17-32-19-31-23-7-3-5-9-25(23)32/h2-13,19H,14-18H2,1H3,(H,30,35). The number of para-hydroxylation sites is 3. The number of carbonyl (C=O) groups excluding carboxylic acids is 3. The highest BCUT2D eigenvalue weighted by molar-refractivity contribution is 6.11. The van der Waals surface area contributed by atoms with Gasteiger partial charge in [-0.05, 0) is 48.7 Å². The zero-order valence-electron chi connectivity index (χ0n) is 20.6. The second-order valence-corrected chi connectivity index (χ2v) is 9.81. The molecule has 0 radical (unpaired) electrons. The molecule has 186 valence electrons. The van der Waals surface area contributed by atoms with E-state index in [0.717, 1.165) is 22.2 Å². The number of fused-ring (bicyclic) bond motifs is 4. The first-order valence-corrected chi connectivity index (χ1v) is 12.4. The second kappa shape index (κ2) is 8.89. The number of amides is 3. The molecule has 2 aliphatic heterocycles. The average molecular weight is 494 g/mol. The molecule has 0 spiro atoms. The van der Waals surface area contributed by atoms with E-state index < -0.39 is 5.66 Å². The third kappa shape index (κ3) is 3.94. The summed E-state index contributed by atoms with van der Waals surface area (Å²) in [6.07, 6.45) is 2.68. The van der Waals surface area contributed by atoms with Gasteiger partial charge >= 0.3 is 0 Å². The lowest BCUT2D eigenvalue weighted by Crippen LogP contribution is -2.63. The normalized spacial score (nSPS) is 18.7. The topological polar surface area (TPSA) is 87.5 Å². The summed E-state index contributed by atoms with van der Waals surface area (Å²) in [7, 11) is 0. The minimum Gasteiger partial charge on any atom is -0.350 e. The van der Waals surface area contributed by atoms with Gasteiger partial charge in [0.05, 0.1) is 28.6 Å². The molecule has 1 fully saturated rings. The molecule has 8 nitrogen and oxygen atoms in total. The molecule has 4 aromatic rings. The fourth-order valence-electron chi connectivity index (χ4n) is 5.44. The number of rotatable bonds is 6. The Balaban J connectivity index is 1.11. The van der Waals surface area contributed by atoms with Gasteiger partial charge in [0.25, 0.3) is 5.91 Å². The van der Waals surface area contributed by atoms with Crippen molar-refractivity contribution < 1.29 is 14.4 Å². The summed E-state index contributed by atoms with van der Waals surface area (Å²) in [5, 5.41) is 2.94. The van der Waals surface area contributed by atoms with E-state index in [2.05, 4.69) is 20.9 Å². The van der Waals surface area contributed by atoms with Crippen LogP contribution >= 0.6 is 0 Å². The fraction of sp³-hybridized carbons (Fsp3) is 0.241. The van der Waals surface area contributed by atoms with Crippen LogP contribution in [0, 0.1) is 0 Å². The molecule has 1 unspecified atom stereocenters. The van der Waals surface area contributed by atoms with Crippen molar-refractivity contribution >= 4 is 34.4 Å². The highest BCUT2D eigenvalue weighted by Crippen LogP contribution is 2.43. The van der Waals surface area contributed by atoms with E-state index in [1.807, 2.05) is 61.8 Å². The summed E-state index contributed by atoms with van der Waals surface area (Å²) in [4.78, 5) is 46.6. The molecule has 1 aromatic heterocycles. The summed E-state index contributed by atoms with van der Waals surface area (Å²) in [6, 6.07) is 23.2. The van der Waals surface area contributed by atoms with Crippen molar-refractivity contribution in [3.05, 3.63) is 95.8 Å². The van der Waals surface area contributed by atoms with Crippen LogP contribution in [-0.2, 0) is 22.7 Å². The lowest BCUT2D eigenvalue weighted by Gasteiger charge is -2.48. The maximum Gasteiger partial charge on any atom is 0.258 e. The molecule has 2 aliphatic rings. The molecule has 37 heavy (non-hydrogen) atoms. The fourth-order valence-corrected chi connectivity index (χ4v) is 5.44. The van der Waals surface area contributed by atoms with Crippen molar-refractivity contribution in [2.75, 3.05) is 11.4 Å². The van der Waals surface area contributed by atoms with E-state index >= 15 is 0 Å². The van der Waals surface area contributed by atoms with E-state index in [1.165, 1.54) is 4.90 Å². The third-order valence-corrected chi connectivity index (χ3v) is 7.44. The molecule has 0 saturated carbocycles. The van der Waals surface area contributed by atoms with Gasteiger partial charge in [-0.15, -0.1) is 0 Å². The summed E-state index contributed by atoms with van der Waals surface area (Å²) in [6.45, 7) is 2.81. The maximum absolute atomic E-state index is 13.3. The number of imidazole rings is 1. The number of hydrogen-bond acceptors (Lipinski definition) is 4. The molecule has 3 heterocycles. The largest absolute Gasteiger partial charge is 0.350 e. The van der Waals surface area contributed by atoms with Gasteiger partial charge in [0.2, 0.25) is 11.8 Å².